The lowest BCUT2D eigenvalue weighted by molar-refractivity contribution is 0.346. The van der Waals surface area contributed by atoms with Crippen molar-refractivity contribution in [1.82, 2.24) is 14.5 Å². The first kappa shape index (κ1) is 9.75. The second-order valence-corrected chi connectivity index (χ2v) is 3.32. The fourth-order valence-corrected chi connectivity index (χ4v) is 1.37. The molecule has 4 heteroatoms. The Hall–Kier alpha value is -1.34. The maximum Gasteiger partial charge on any atom is 0.140 e. The van der Waals surface area contributed by atoms with Gasteiger partial charge in [0.15, 0.2) is 0 Å². The third kappa shape index (κ3) is 1.70. The van der Waals surface area contributed by atoms with Crippen LogP contribution in [-0.2, 0) is 7.05 Å². The third-order valence-electron chi connectivity index (χ3n) is 2.07. The monoisotopic (exact) mass is 178 g/mol. The van der Waals surface area contributed by atoms with Gasteiger partial charge in [-0.1, -0.05) is 0 Å². The zero-order valence-corrected chi connectivity index (χ0v) is 8.44. The number of aryl methyl sites for hydroxylation is 2. The summed E-state index contributed by atoms with van der Waals surface area (Å²) in [5, 5.41) is 8.98. The lowest BCUT2D eigenvalue weighted by Gasteiger charge is -2.18. The lowest BCUT2D eigenvalue weighted by atomic mass is 10.2. The summed E-state index contributed by atoms with van der Waals surface area (Å²) in [4.78, 5) is 6.03. The van der Waals surface area contributed by atoms with Crippen LogP contribution in [0.2, 0.25) is 0 Å². The number of aromatic nitrogens is 2. The van der Waals surface area contributed by atoms with E-state index in [0.717, 1.165) is 11.4 Å². The molecule has 4 nitrogen and oxygen atoms in total. The zero-order chi connectivity index (χ0) is 10.0. The number of rotatable bonds is 2. The van der Waals surface area contributed by atoms with Gasteiger partial charge in [-0.2, -0.15) is 5.26 Å². The van der Waals surface area contributed by atoms with Gasteiger partial charge in [0.25, 0.3) is 0 Å². The van der Waals surface area contributed by atoms with Crippen LogP contribution in [0.1, 0.15) is 17.4 Å². The van der Waals surface area contributed by atoms with Gasteiger partial charge in [-0.3, -0.25) is 4.90 Å². The summed E-state index contributed by atoms with van der Waals surface area (Å²) < 4.78 is 1.89. The molecule has 0 radical (unpaired) electrons. The van der Waals surface area contributed by atoms with E-state index in [0.29, 0.717) is 0 Å². The van der Waals surface area contributed by atoms with Crippen molar-refractivity contribution in [2.45, 2.75) is 13.0 Å². The SMILES string of the molecule is Cc1ncn(C)c1C(C#N)N(C)C. The molecule has 0 aliphatic heterocycles. The van der Waals surface area contributed by atoms with Crippen molar-refractivity contribution in [3.05, 3.63) is 17.7 Å². The summed E-state index contributed by atoms with van der Waals surface area (Å²) in [5.41, 5.74) is 1.88. The summed E-state index contributed by atoms with van der Waals surface area (Å²) in [6.45, 7) is 1.92. The summed E-state index contributed by atoms with van der Waals surface area (Å²) in [6.07, 6.45) is 1.73. The Kier molecular flexibility index (Phi) is 2.69. The molecule has 0 aromatic carbocycles. The second kappa shape index (κ2) is 3.58. The number of nitriles is 1. The highest BCUT2D eigenvalue weighted by Gasteiger charge is 2.18. The Bertz CT molecular complexity index is 312. The van der Waals surface area contributed by atoms with Crippen LogP contribution in [0.5, 0.6) is 0 Å². The average molecular weight is 178 g/mol. The van der Waals surface area contributed by atoms with Crippen LogP contribution in [-0.4, -0.2) is 28.5 Å². The van der Waals surface area contributed by atoms with E-state index in [1.54, 1.807) is 6.33 Å². The van der Waals surface area contributed by atoms with Gasteiger partial charge < -0.3 is 4.57 Å². The largest absolute Gasteiger partial charge is 0.335 e. The minimum Gasteiger partial charge on any atom is -0.335 e. The highest BCUT2D eigenvalue weighted by Crippen LogP contribution is 2.19. The van der Waals surface area contributed by atoms with Crippen LogP contribution >= 0.6 is 0 Å². The number of nitrogens with zero attached hydrogens (tertiary/aromatic N) is 4. The molecule has 0 N–H and O–H groups in total. The van der Waals surface area contributed by atoms with Crippen LogP contribution in [0, 0.1) is 18.3 Å². The molecule has 70 valence electrons. The van der Waals surface area contributed by atoms with Gasteiger partial charge in [0.1, 0.15) is 6.04 Å². The molecule has 13 heavy (non-hydrogen) atoms. The molecular formula is C9H14N4. The molecule has 0 fully saturated rings. The molecule has 0 aliphatic carbocycles. The maximum absolute atomic E-state index is 8.98. The number of hydrogen-bond donors (Lipinski definition) is 0. The van der Waals surface area contributed by atoms with Gasteiger partial charge in [-0.15, -0.1) is 0 Å². The highest BCUT2D eigenvalue weighted by atomic mass is 15.1. The molecule has 1 heterocycles. The average Bonchev–Trinajstić information content (AvgIpc) is 2.36. The van der Waals surface area contributed by atoms with E-state index in [1.165, 1.54) is 0 Å². The van der Waals surface area contributed by atoms with Gasteiger partial charge in [0.2, 0.25) is 0 Å². The standard InChI is InChI=1S/C9H14N4/c1-7-9(13(4)6-11-7)8(5-10)12(2)3/h6,8H,1-4H3. The molecule has 0 amide bonds. The Morgan fingerprint density at radius 3 is 2.54 bits per heavy atom. The lowest BCUT2D eigenvalue weighted by Crippen LogP contribution is -2.21. The van der Waals surface area contributed by atoms with Crippen molar-refractivity contribution in [2.24, 2.45) is 7.05 Å². The molecule has 1 rings (SSSR count). The van der Waals surface area contributed by atoms with E-state index in [9.17, 15) is 0 Å². The van der Waals surface area contributed by atoms with E-state index >= 15 is 0 Å². The number of imidazole rings is 1. The first-order chi connectivity index (χ1) is 6.07. The Balaban J connectivity index is 3.12. The van der Waals surface area contributed by atoms with Crippen molar-refractivity contribution in [3.63, 3.8) is 0 Å². The minimum absolute atomic E-state index is 0.215. The fourth-order valence-electron chi connectivity index (χ4n) is 1.37. The van der Waals surface area contributed by atoms with Crippen molar-refractivity contribution in [1.29, 1.82) is 5.26 Å². The summed E-state index contributed by atoms with van der Waals surface area (Å²) in [5.74, 6) is 0. The second-order valence-electron chi connectivity index (χ2n) is 3.32. The Labute approximate surface area is 78.4 Å². The van der Waals surface area contributed by atoms with Crippen LogP contribution in [0.25, 0.3) is 0 Å². The Morgan fingerprint density at radius 2 is 2.23 bits per heavy atom. The predicted molar refractivity (Wildman–Crippen MR) is 50.0 cm³/mol. The quantitative estimate of drug-likeness (QED) is 0.674. The van der Waals surface area contributed by atoms with Crippen LogP contribution in [0.15, 0.2) is 6.33 Å². The van der Waals surface area contributed by atoms with Crippen molar-refractivity contribution >= 4 is 0 Å². The summed E-state index contributed by atoms with van der Waals surface area (Å²) in [6, 6.07) is 2.04. The van der Waals surface area contributed by atoms with E-state index < -0.39 is 0 Å². The van der Waals surface area contributed by atoms with Gasteiger partial charge in [0, 0.05) is 7.05 Å². The first-order valence-electron chi connectivity index (χ1n) is 4.11. The molecule has 1 atom stereocenters. The Morgan fingerprint density at radius 1 is 1.62 bits per heavy atom. The normalized spacial score (nSPS) is 12.9. The molecule has 0 saturated heterocycles. The zero-order valence-electron chi connectivity index (χ0n) is 8.44. The summed E-state index contributed by atoms with van der Waals surface area (Å²) in [7, 11) is 5.68. The van der Waals surface area contributed by atoms with Crippen LogP contribution in [0.3, 0.4) is 0 Å². The molecule has 0 bridgehead atoms. The van der Waals surface area contributed by atoms with Crippen molar-refractivity contribution < 1.29 is 0 Å². The van der Waals surface area contributed by atoms with E-state index in [1.807, 2.05) is 37.5 Å². The van der Waals surface area contributed by atoms with Crippen molar-refractivity contribution in [2.75, 3.05) is 14.1 Å². The molecule has 0 aliphatic rings. The molecule has 0 spiro atoms. The number of hydrogen-bond acceptors (Lipinski definition) is 3. The van der Waals surface area contributed by atoms with Crippen LogP contribution < -0.4 is 0 Å². The van der Waals surface area contributed by atoms with E-state index in [2.05, 4.69) is 11.1 Å². The molecule has 1 unspecified atom stereocenters. The fraction of sp³-hybridized carbons (Fsp3) is 0.556. The predicted octanol–water partition coefficient (Wildman–Crippen LogP) is 0.855. The van der Waals surface area contributed by atoms with Crippen LogP contribution in [0.4, 0.5) is 0 Å². The molecule has 1 aromatic rings. The molecular weight excluding hydrogens is 164 g/mol. The molecule has 1 aromatic heterocycles. The highest BCUT2D eigenvalue weighted by molar-refractivity contribution is 5.21. The van der Waals surface area contributed by atoms with E-state index in [-0.39, 0.29) is 6.04 Å². The minimum atomic E-state index is -0.215. The van der Waals surface area contributed by atoms with Gasteiger partial charge in [-0.25, -0.2) is 4.98 Å². The maximum atomic E-state index is 8.98. The topological polar surface area (TPSA) is 44.9 Å². The third-order valence-corrected chi connectivity index (χ3v) is 2.07. The smallest absolute Gasteiger partial charge is 0.140 e. The van der Waals surface area contributed by atoms with E-state index in [4.69, 9.17) is 5.26 Å². The van der Waals surface area contributed by atoms with Crippen molar-refractivity contribution in [3.8, 4) is 6.07 Å². The first-order valence-corrected chi connectivity index (χ1v) is 4.11. The van der Waals surface area contributed by atoms with Gasteiger partial charge >= 0.3 is 0 Å². The molecule has 0 saturated carbocycles. The summed E-state index contributed by atoms with van der Waals surface area (Å²) >= 11 is 0. The van der Waals surface area contributed by atoms with Gasteiger partial charge in [0.05, 0.1) is 23.8 Å². The van der Waals surface area contributed by atoms with Gasteiger partial charge in [-0.05, 0) is 21.0 Å².